The number of amides is 1. The summed E-state index contributed by atoms with van der Waals surface area (Å²) in [6.07, 6.45) is 6.57. The maximum Gasteiger partial charge on any atom is 0.330 e. The third-order valence-corrected chi connectivity index (χ3v) is 7.36. The molecular formula is C25H30N4O4S. The van der Waals surface area contributed by atoms with E-state index in [1.807, 2.05) is 36.4 Å². The van der Waals surface area contributed by atoms with E-state index in [9.17, 15) is 14.4 Å². The van der Waals surface area contributed by atoms with Crippen LogP contribution in [0.4, 0.5) is 11.5 Å². The van der Waals surface area contributed by atoms with Crippen LogP contribution in [0.15, 0.2) is 46.0 Å². The van der Waals surface area contributed by atoms with Gasteiger partial charge in [-0.15, -0.1) is 11.3 Å². The van der Waals surface area contributed by atoms with E-state index >= 15 is 0 Å². The zero-order valence-electron chi connectivity index (χ0n) is 19.3. The van der Waals surface area contributed by atoms with Gasteiger partial charge in [-0.05, 0) is 42.9 Å². The second kappa shape index (κ2) is 10.8. The minimum absolute atomic E-state index is 0.0228. The molecule has 1 aliphatic carbocycles. The van der Waals surface area contributed by atoms with Crippen molar-refractivity contribution in [3.63, 3.8) is 0 Å². The Labute approximate surface area is 202 Å². The van der Waals surface area contributed by atoms with E-state index in [4.69, 9.17) is 10.5 Å². The number of carbonyl (C=O) groups excluding carboxylic acids is 1. The Balaban J connectivity index is 1.80. The number of nitrogens with one attached hydrogen (secondary N) is 1. The number of nitrogens with zero attached hydrogens (tertiary/aromatic N) is 2. The summed E-state index contributed by atoms with van der Waals surface area (Å²) in [5, 5.41) is 0. The van der Waals surface area contributed by atoms with Crippen molar-refractivity contribution in [1.29, 1.82) is 0 Å². The molecule has 0 aliphatic heterocycles. The summed E-state index contributed by atoms with van der Waals surface area (Å²) >= 11 is 1.50. The number of carbonyl (C=O) groups is 1. The van der Waals surface area contributed by atoms with Gasteiger partial charge in [0, 0.05) is 12.0 Å². The van der Waals surface area contributed by atoms with Crippen LogP contribution in [0.25, 0.3) is 0 Å². The van der Waals surface area contributed by atoms with E-state index in [1.54, 1.807) is 0 Å². The van der Waals surface area contributed by atoms with Gasteiger partial charge in [0.2, 0.25) is 0 Å². The topological polar surface area (TPSA) is 110 Å². The number of hydrogen-bond donors (Lipinski definition) is 2. The van der Waals surface area contributed by atoms with Gasteiger partial charge < -0.3 is 10.5 Å². The van der Waals surface area contributed by atoms with E-state index in [2.05, 4.69) is 4.98 Å². The van der Waals surface area contributed by atoms with Crippen molar-refractivity contribution < 1.29 is 9.53 Å². The minimum atomic E-state index is -0.685. The van der Waals surface area contributed by atoms with Crippen LogP contribution in [0.3, 0.4) is 0 Å². The molecule has 8 nitrogen and oxygen atoms in total. The SMILES string of the molecule is COCCn1c(N)c(N(Cc2ccccc2)C(=O)c2cc3c(s2)CCCCCC3)c(=O)[nH]c1=O. The Kier molecular flexibility index (Phi) is 7.64. The number of ether oxygens (including phenoxy) is 1. The highest BCUT2D eigenvalue weighted by Crippen LogP contribution is 2.31. The maximum absolute atomic E-state index is 13.9. The molecule has 0 saturated carbocycles. The van der Waals surface area contributed by atoms with Crippen molar-refractivity contribution in [2.45, 2.75) is 51.6 Å². The predicted molar refractivity (Wildman–Crippen MR) is 135 cm³/mol. The van der Waals surface area contributed by atoms with Crippen molar-refractivity contribution in [2.24, 2.45) is 0 Å². The van der Waals surface area contributed by atoms with Gasteiger partial charge in [-0.3, -0.25) is 24.0 Å². The molecule has 0 saturated heterocycles. The highest BCUT2D eigenvalue weighted by molar-refractivity contribution is 7.14. The molecule has 1 aromatic carbocycles. The number of anilines is 2. The molecule has 34 heavy (non-hydrogen) atoms. The van der Waals surface area contributed by atoms with Gasteiger partial charge in [0.15, 0.2) is 5.69 Å². The Bertz CT molecular complexity index is 1240. The van der Waals surface area contributed by atoms with E-state index in [0.717, 1.165) is 31.2 Å². The third kappa shape index (κ3) is 5.15. The third-order valence-electron chi connectivity index (χ3n) is 6.14. The summed E-state index contributed by atoms with van der Waals surface area (Å²) in [7, 11) is 1.52. The number of aromatic nitrogens is 2. The highest BCUT2D eigenvalue weighted by atomic mass is 32.1. The Morgan fingerprint density at radius 3 is 2.62 bits per heavy atom. The molecule has 0 bridgehead atoms. The fourth-order valence-electron chi connectivity index (χ4n) is 4.34. The lowest BCUT2D eigenvalue weighted by Gasteiger charge is -2.24. The second-order valence-electron chi connectivity index (χ2n) is 8.49. The lowest BCUT2D eigenvalue weighted by molar-refractivity contribution is 0.0988. The number of H-pyrrole nitrogens is 1. The fourth-order valence-corrected chi connectivity index (χ4v) is 5.55. The standard InChI is InChI=1S/C25H30N4O4S/c1-33-14-13-28-22(26)21(23(30)27-25(28)32)29(16-17-9-5-4-6-10-17)24(31)20-15-18-11-7-2-3-8-12-19(18)34-20/h4-6,9-10,15H,2-3,7-8,11-14,16,26H2,1H3,(H,27,30,32). The first kappa shape index (κ1) is 24.0. The van der Waals surface area contributed by atoms with E-state index in [0.29, 0.717) is 4.88 Å². The molecule has 0 spiro atoms. The molecule has 2 aromatic heterocycles. The van der Waals surface area contributed by atoms with E-state index < -0.39 is 11.2 Å². The molecule has 2 heterocycles. The summed E-state index contributed by atoms with van der Waals surface area (Å²) in [5.74, 6) is -0.347. The van der Waals surface area contributed by atoms with Crippen LogP contribution in [0, 0.1) is 0 Å². The predicted octanol–water partition coefficient (Wildman–Crippen LogP) is 3.33. The van der Waals surface area contributed by atoms with Gasteiger partial charge in [-0.2, -0.15) is 0 Å². The van der Waals surface area contributed by atoms with Crippen molar-refractivity contribution >= 4 is 28.7 Å². The molecule has 0 atom stereocenters. The van der Waals surface area contributed by atoms with Crippen molar-refractivity contribution in [1.82, 2.24) is 9.55 Å². The van der Waals surface area contributed by atoms with Gasteiger partial charge in [-0.1, -0.05) is 43.2 Å². The molecule has 9 heteroatoms. The molecule has 3 aromatic rings. The highest BCUT2D eigenvalue weighted by Gasteiger charge is 2.27. The zero-order chi connectivity index (χ0) is 24.1. The number of methoxy groups -OCH3 is 1. The van der Waals surface area contributed by atoms with Crippen molar-refractivity contribution in [3.05, 3.63) is 78.1 Å². The summed E-state index contributed by atoms with van der Waals surface area (Å²) < 4.78 is 6.31. The zero-order valence-corrected chi connectivity index (χ0v) is 20.2. The molecule has 4 rings (SSSR count). The maximum atomic E-state index is 13.9. The summed E-state index contributed by atoms with van der Waals surface area (Å²) in [6.45, 7) is 0.545. The van der Waals surface area contributed by atoms with Gasteiger partial charge >= 0.3 is 5.69 Å². The molecule has 0 unspecified atom stereocenters. The van der Waals surface area contributed by atoms with Crippen LogP contribution < -0.4 is 21.9 Å². The van der Waals surface area contributed by atoms with Crippen LogP contribution in [0.2, 0.25) is 0 Å². The van der Waals surface area contributed by atoms with Crippen LogP contribution in [-0.4, -0.2) is 29.2 Å². The number of rotatable bonds is 7. The molecule has 180 valence electrons. The summed E-state index contributed by atoms with van der Waals surface area (Å²) in [6, 6.07) is 11.4. The number of benzene rings is 1. The number of thiophene rings is 1. The molecule has 1 amide bonds. The largest absolute Gasteiger partial charge is 0.383 e. The van der Waals surface area contributed by atoms with Crippen molar-refractivity contribution in [3.8, 4) is 0 Å². The Hall–Kier alpha value is -3.17. The van der Waals surface area contributed by atoms with Gasteiger partial charge in [0.1, 0.15) is 5.82 Å². The number of nitrogens with two attached hydrogens (primary N) is 1. The molecule has 1 aliphatic rings. The average molecular weight is 483 g/mol. The lowest BCUT2D eigenvalue weighted by Crippen LogP contribution is -2.41. The smallest absolute Gasteiger partial charge is 0.330 e. The molecular weight excluding hydrogens is 452 g/mol. The first-order chi connectivity index (χ1) is 16.5. The van der Waals surface area contributed by atoms with Gasteiger partial charge in [0.25, 0.3) is 11.5 Å². The molecule has 3 N–H and O–H groups in total. The van der Waals surface area contributed by atoms with Crippen molar-refractivity contribution in [2.75, 3.05) is 24.4 Å². The molecule has 0 fully saturated rings. The van der Waals surface area contributed by atoms with E-state index in [1.165, 1.54) is 51.2 Å². The quantitative estimate of drug-likeness (QED) is 0.537. The average Bonchev–Trinajstić information content (AvgIpc) is 3.20. The van der Waals surface area contributed by atoms with Gasteiger partial charge in [0.05, 0.1) is 24.6 Å². The number of aryl methyl sites for hydroxylation is 2. The molecule has 0 radical (unpaired) electrons. The Morgan fingerprint density at radius 1 is 1.15 bits per heavy atom. The van der Waals surface area contributed by atoms with Crippen LogP contribution in [-0.2, 0) is 30.7 Å². The summed E-state index contributed by atoms with van der Waals surface area (Å²) in [4.78, 5) is 44.8. The minimum Gasteiger partial charge on any atom is -0.383 e. The van der Waals surface area contributed by atoms with Gasteiger partial charge in [-0.25, -0.2) is 4.79 Å². The number of fused-ring (bicyclic) bond motifs is 1. The second-order valence-corrected chi connectivity index (χ2v) is 9.62. The first-order valence-electron chi connectivity index (χ1n) is 11.6. The normalized spacial score (nSPS) is 13.7. The number of nitrogen functional groups attached to an aromatic ring is 1. The van der Waals surface area contributed by atoms with E-state index in [-0.39, 0.29) is 37.1 Å². The van der Waals surface area contributed by atoms with Crippen LogP contribution >= 0.6 is 11.3 Å². The Morgan fingerprint density at radius 2 is 1.88 bits per heavy atom. The number of aromatic amines is 1. The monoisotopic (exact) mass is 482 g/mol. The van der Waals surface area contributed by atoms with Crippen LogP contribution in [0.5, 0.6) is 0 Å². The lowest BCUT2D eigenvalue weighted by atomic mass is 10.00. The summed E-state index contributed by atoms with van der Waals surface area (Å²) in [5.41, 5.74) is 7.06. The first-order valence-corrected chi connectivity index (χ1v) is 12.4. The fraction of sp³-hybridized carbons (Fsp3) is 0.400. The number of hydrogen-bond acceptors (Lipinski definition) is 6. The van der Waals surface area contributed by atoms with Crippen LogP contribution in [0.1, 0.15) is 51.4 Å².